The monoisotopic (exact) mass is 434 g/mol. The van der Waals surface area contributed by atoms with Crippen LogP contribution in [0.25, 0.3) is 10.9 Å². The Labute approximate surface area is 176 Å². The third kappa shape index (κ3) is 4.82. The van der Waals surface area contributed by atoms with E-state index < -0.39 is 29.4 Å². The molecule has 2 N–H and O–H groups in total. The number of nitrogens with two attached hydrogens (primary N) is 1. The SMILES string of the molecule is CC(C)(C)OC(=O)c1c(N)c2cc(C(F)(F)F)ccc2n1C(=O)OCc1ccccc1. The number of halogens is 3. The standard InChI is InChI=1S/C22H21F3N2O4/c1-21(2,3)31-19(28)18-17(26)15-11-14(22(23,24)25)9-10-16(15)27(18)20(29)30-12-13-7-5-4-6-8-13/h4-11H,12,26H2,1-3H3. The van der Waals surface area contributed by atoms with Gasteiger partial charge < -0.3 is 15.2 Å². The van der Waals surface area contributed by atoms with E-state index >= 15 is 0 Å². The van der Waals surface area contributed by atoms with Gasteiger partial charge in [0.25, 0.3) is 0 Å². The lowest BCUT2D eigenvalue weighted by Crippen LogP contribution is -2.28. The average molecular weight is 434 g/mol. The number of ether oxygens (including phenoxy) is 2. The number of aromatic nitrogens is 1. The van der Waals surface area contributed by atoms with Gasteiger partial charge in [0.15, 0.2) is 5.69 Å². The molecule has 9 heteroatoms. The molecule has 1 aromatic heterocycles. The van der Waals surface area contributed by atoms with E-state index in [2.05, 4.69) is 0 Å². The lowest BCUT2D eigenvalue weighted by atomic mass is 10.1. The first kappa shape index (κ1) is 22.2. The van der Waals surface area contributed by atoms with E-state index in [1.165, 1.54) is 0 Å². The van der Waals surface area contributed by atoms with Crippen LogP contribution in [0.5, 0.6) is 0 Å². The molecule has 0 radical (unpaired) electrons. The molecule has 0 saturated carbocycles. The molecule has 164 valence electrons. The molecule has 2 aromatic carbocycles. The van der Waals surface area contributed by atoms with Crippen molar-refractivity contribution < 1.29 is 32.2 Å². The summed E-state index contributed by atoms with van der Waals surface area (Å²) in [5, 5.41) is -0.104. The third-order valence-electron chi connectivity index (χ3n) is 4.31. The molecule has 0 aliphatic heterocycles. The summed E-state index contributed by atoms with van der Waals surface area (Å²) in [6.45, 7) is 4.74. The zero-order chi connectivity index (χ0) is 23.0. The number of carbonyl (C=O) groups is 2. The van der Waals surface area contributed by atoms with Gasteiger partial charge >= 0.3 is 18.2 Å². The van der Waals surface area contributed by atoms with Gasteiger partial charge in [0.1, 0.15) is 12.2 Å². The summed E-state index contributed by atoms with van der Waals surface area (Å²) in [6.07, 6.45) is -5.59. The highest BCUT2D eigenvalue weighted by molar-refractivity contribution is 6.10. The molecule has 0 spiro atoms. The van der Waals surface area contributed by atoms with Crippen LogP contribution in [0.15, 0.2) is 48.5 Å². The van der Waals surface area contributed by atoms with E-state index in [0.29, 0.717) is 5.56 Å². The Morgan fingerprint density at radius 3 is 2.26 bits per heavy atom. The second-order valence-corrected chi connectivity index (χ2v) is 7.87. The quantitative estimate of drug-likeness (QED) is 0.560. The number of esters is 1. The van der Waals surface area contributed by atoms with Crippen molar-refractivity contribution in [2.24, 2.45) is 0 Å². The van der Waals surface area contributed by atoms with Gasteiger partial charge in [-0.2, -0.15) is 13.2 Å². The fourth-order valence-corrected chi connectivity index (χ4v) is 2.99. The Bertz CT molecular complexity index is 1130. The highest BCUT2D eigenvalue weighted by Gasteiger charge is 2.34. The zero-order valence-electron chi connectivity index (χ0n) is 17.1. The van der Waals surface area contributed by atoms with Crippen molar-refractivity contribution in [3.63, 3.8) is 0 Å². The maximum Gasteiger partial charge on any atom is 0.419 e. The number of anilines is 1. The zero-order valence-corrected chi connectivity index (χ0v) is 17.1. The van der Waals surface area contributed by atoms with E-state index in [1.54, 1.807) is 51.1 Å². The summed E-state index contributed by atoms with van der Waals surface area (Å²) >= 11 is 0. The van der Waals surface area contributed by atoms with E-state index in [9.17, 15) is 22.8 Å². The lowest BCUT2D eigenvalue weighted by molar-refractivity contribution is -0.137. The lowest BCUT2D eigenvalue weighted by Gasteiger charge is -2.20. The smallest absolute Gasteiger partial charge is 0.419 e. The molecule has 31 heavy (non-hydrogen) atoms. The van der Waals surface area contributed by atoms with E-state index in [1.807, 2.05) is 0 Å². The average Bonchev–Trinajstić information content (AvgIpc) is 2.97. The number of benzene rings is 2. The maximum atomic E-state index is 13.2. The van der Waals surface area contributed by atoms with Crippen molar-refractivity contribution in [3.8, 4) is 0 Å². The number of alkyl halides is 3. The first-order chi connectivity index (χ1) is 14.4. The van der Waals surface area contributed by atoms with Crippen LogP contribution in [0.3, 0.4) is 0 Å². The molecule has 0 bridgehead atoms. The summed E-state index contributed by atoms with van der Waals surface area (Å²) in [6, 6.07) is 11.5. The van der Waals surface area contributed by atoms with Crippen LogP contribution < -0.4 is 5.73 Å². The second-order valence-electron chi connectivity index (χ2n) is 7.87. The Morgan fingerprint density at radius 1 is 1.03 bits per heavy atom. The molecule has 1 heterocycles. The van der Waals surface area contributed by atoms with Gasteiger partial charge in [-0.15, -0.1) is 0 Å². The fraction of sp³-hybridized carbons (Fsp3) is 0.273. The number of nitrogens with zero attached hydrogens (tertiary/aromatic N) is 1. The van der Waals surface area contributed by atoms with Gasteiger partial charge in [-0.1, -0.05) is 30.3 Å². The molecule has 0 amide bonds. The maximum absolute atomic E-state index is 13.2. The Hall–Kier alpha value is -3.49. The van der Waals surface area contributed by atoms with Crippen molar-refractivity contribution in [2.75, 3.05) is 5.73 Å². The summed E-state index contributed by atoms with van der Waals surface area (Å²) in [4.78, 5) is 25.7. The summed E-state index contributed by atoms with van der Waals surface area (Å²) in [5.41, 5.74) is 4.15. The van der Waals surface area contributed by atoms with Crippen molar-refractivity contribution in [2.45, 2.75) is 39.2 Å². The van der Waals surface area contributed by atoms with Crippen molar-refractivity contribution in [3.05, 3.63) is 65.4 Å². The van der Waals surface area contributed by atoms with Crippen LogP contribution in [0.4, 0.5) is 23.7 Å². The molecule has 0 aliphatic rings. The van der Waals surface area contributed by atoms with Crippen LogP contribution >= 0.6 is 0 Å². The molecule has 0 unspecified atom stereocenters. The first-order valence-corrected chi connectivity index (χ1v) is 9.34. The molecular weight excluding hydrogens is 413 g/mol. The normalized spacial score (nSPS) is 12.1. The molecule has 0 fully saturated rings. The first-order valence-electron chi connectivity index (χ1n) is 9.34. The minimum absolute atomic E-state index is 0.00409. The van der Waals surface area contributed by atoms with Crippen LogP contribution in [0.2, 0.25) is 0 Å². The van der Waals surface area contributed by atoms with Crippen LogP contribution in [0, 0.1) is 0 Å². The highest BCUT2D eigenvalue weighted by atomic mass is 19.4. The number of carbonyl (C=O) groups excluding carboxylic acids is 2. The molecule has 3 aromatic rings. The molecule has 0 aliphatic carbocycles. The summed E-state index contributed by atoms with van der Waals surface area (Å²) < 4.78 is 51.0. The fourth-order valence-electron chi connectivity index (χ4n) is 2.99. The molecular formula is C22H21F3N2O4. The minimum atomic E-state index is -4.62. The highest BCUT2D eigenvalue weighted by Crippen LogP contribution is 2.36. The number of hydrogen-bond donors (Lipinski definition) is 1. The second kappa shape index (κ2) is 7.98. The summed E-state index contributed by atoms with van der Waals surface area (Å²) in [7, 11) is 0. The van der Waals surface area contributed by atoms with E-state index in [0.717, 1.165) is 22.8 Å². The van der Waals surface area contributed by atoms with Gasteiger partial charge in [-0.25, -0.2) is 14.2 Å². The van der Waals surface area contributed by atoms with Crippen molar-refractivity contribution >= 4 is 28.7 Å². The number of fused-ring (bicyclic) bond motifs is 1. The van der Waals surface area contributed by atoms with Gasteiger partial charge in [0.05, 0.1) is 16.8 Å². The molecule has 0 atom stereocenters. The van der Waals surface area contributed by atoms with Crippen LogP contribution in [-0.2, 0) is 22.3 Å². The van der Waals surface area contributed by atoms with Gasteiger partial charge in [0.2, 0.25) is 0 Å². The number of hydrogen-bond acceptors (Lipinski definition) is 5. The number of nitrogen functional groups attached to an aromatic ring is 1. The van der Waals surface area contributed by atoms with Crippen molar-refractivity contribution in [1.29, 1.82) is 0 Å². The van der Waals surface area contributed by atoms with E-state index in [-0.39, 0.29) is 28.9 Å². The predicted molar refractivity (Wildman–Crippen MR) is 109 cm³/mol. The van der Waals surface area contributed by atoms with Gasteiger partial charge in [-0.05, 0) is 44.5 Å². The Kier molecular flexibility index (Phi) is 5.71. The topological polar surface area (TPSA) is 83.5 Å². The molecule has 3 rings (SSSR count). The Morgan fingerprint density at radius 2 is 1.68 bits per heavy atom. The van der Waals surface area contributed by atoms with Crippen molar-refractivity contribution in [1.82, 2.24) is 4.57 Å². The third-order valence-corrected chi connectivity index (χ3v) is 4.31. The predicted octanol–water partition coefficient (Wildman–Crippen LogP) is 5.38. The molecule has 6 nitrogen and oxygen atoms in total. The van der Waals surface area contributed by atoms with Crippen LogP contribution in [-0.4, -0.2) is 22.2 Å². The largest absolute Gasteiger partial charge is 0.455 e. The summed E-state index contributed by atoms with van der Waals surface area (Å²) in [5.74, 6) is -0.952. The molecule has 0 saturated heterocycles. The van der Waals surface area contributed by atoms with Gasteiger partial charge in [-0.3, -0.25) is 0 Å². The minimum Gasteiger partial charge on any atom is -0.455 e. The van der Waals surface area contributed by atoms with Crippen LogP contribution in [0.1, 0.15) is 42.4 Å². The van der Waals surface area contributed by atoms with E-state index in [4.69, 9.17) is 15.2 Å². The van der Waals surface area contributed by atoms with Gasteiger partial charge in [0, 0.05) is 5.39 Å². The Balaban J connectivity index is 2.10. The number of rotatable bonds is 3.